The lowest BCUT2D eigenvalue weighted by atomic mass is 9.68. The highest BCUT2D eigenvalue weighted by molar-refractivity contribution is 5.12. The Balaban J connectivity index is 2.27. The highest BCUT2D eigenvalue weighted by Gasteiger charge is 2.45. The molecule has 120 valence electrons. The van der Waals surface area contributed by atoms with Crippen molar-refractivity contribution in [3.05, 3.63) is 11.9 Å². The second-order valence-electron chi connectivity index (χ2n) is 7.04. The molecule has 5 heteroatoms. The van der Waals surface area contributed by atoms with Gasteiger partial charge in [0, 0.05) is 13.7 Å². The predicted molar refractivity (Wildman–Crippen MR) is 84.1 cm³/mol. The van der Waals surface area contributed by atoms with E-state index >= 15 is 0 Å². The third-order valence-corrected chi connectivity index (χ3v) is 5.05. The number of methoxy groups -OCH3 is 1. The Kier molecular flexibility index (Phi) is 5.04. The first-order valence-corrected chi connectivity index (χ1v) is 8.09. The average Bonchev–Trinajstić information content (AvgIpc) is 2.90. The Morgan fingerprint density at radius 1 is 1.33 bits per heavy atom. The van der Waals surface area contributed by atoms with E-state index in [0.29, 0.717) is 5.41 Å². The van der Waals surface area contributed by atoms with Crippen LogP contribution in [0.2, 0.25) is 0 Å². The summed E-state index contributed by atoms with van der Waals surface area (Å²) in [5, 5.41) is 11.8. The van der Waals surface area contributed by atoms with Crippen molar-refractivity contribution in [1.29, 1.82) is 0 Å². The fraction of sp³-hybridized carbons (Fsp3) is 0.875. The van der Waals surface area contributed by atoms with Crippen LogP contribution >= 0.6 is 0 Å². The first-order valence-electron chi connectivity index (χ1n) is 8.09. The van der Waals surface area contributed by atoms with Crippen LogP contribution in [-0.4, -0.2) is 34.8 Å². The molecule has 0 aromatic carbocycles. The smallest absolute Gasteiger partial charge is 0.0888 e. The standard InChI is InChI=1S/C16H30N4O/c1-6-11-20-13(12-18-19-20)14(17-4)16(21-5)9-7-15(2,3)8-10-16/h12,14,17H,6-11H2,1-5H3. The summed E-state index contributed by atoms with van der Waals surface area (Å²) >= 11 is 0. The van der Waals surface area contributed by atoms with E-state index in [9.17, 15) is 0 Å². The molecule has 0 amide bonds. The van der Waals surface area contributed by atoms with Crippen LogP contribution in [0.3, 0.4) is 0 Å². The second-order valence-corrected chi connectivity index (χ2v) is 7.04. The molecule has 1 aliphatic carbocycles. The largest absolute Gasteiger partial charge is 0.376 e. The fourth-order valence-corrected chi connectivity index (χ4v) is 3.52. The summed E-state index contributed by atoms with van der Waals surface area (Å²) in [6.07, 6.45) is 7.46. The van der Waals surface area contributed by atoms with Crippen LogP contribution in [0, 0.1) is 5.41 Å². The Morgan fingerprint density at radius 3 is 2.52 bits per heavy atom. The van der Waals surface area contributed by atoms with Crippen molar-refractivity contribution in [2.75, 3.05) is 14.2 Å². The lowest BCUT2D eigenvalue weighted by molar-refractivity contribution is -0.0878. The van der Waals surface area contributed by atoms with Gasteiger partial charge in [-0.15, -0.1) is 5.10 Å². The molecule has 0 spiro atoms. The van der Waals surface area contributed by atoms with Crippen LogP contribution < -0.4 is 5.32 Å². The van der Waals surface area contributed by atoms with E-state index in [1.165, 1.54) is 12.8 Å². The van der Waals surface area contributed by atoms with Gasteiger partial charge in [-0.2, -0.15) is 0 Å². The number of nitrogens with zero attached hydrogens (tertiary/aromatic N) is 3. The molecule has 2 rings (SSSR count). The number of aromatic nitrogens is 3. The molecule has 0 saturated heterocycles. The van der Waals surface area contributed by atoms with Gasteiger partial charge in [0.15, 0.2) is 0 Å². The molecule has 1 atom stereocenters. The minimum absolute atomic E-state index is 0.139. The molecular formula is C16H30N4O. The second kappa shape index (κ2) is 6.44. The molecule has 1 saturated carbocycles. The molecule has 0 radical (unpaired) electrons. The van der Waals surface area contributed by atoms with Crippen molar-refractivity contribution < 1.29 is 4.74 Å². The number of likely N-dealkylation sites (N-methyl/N-ethyl adjacent to an activating group) is 1. The van der Waals surface area contributed by atoms with Gasteiger partial charge in [-0.05, 0) is 44.6 Å². The number of hydrogen-bond acceptors (Lipinski definition) is 4. The van der Waals surface area contributed by atoms with Crippen LogP contribution in [0.25, 0.3) is 0 Å². The lowest BCUT2D eigenvalue weighted by Gasteiger charge is -2.46. The summed E-state index contributed by atoms with van der Waals surface area (Å²) in [6, 6.07) is 0.139. The number of nitrogens with one attached hydrogen (secondary N) is 1. The maximum absolute atomic E-state index is 6.05. The summed E-state index contributed by atoms with van der Waals surface area (Å²) in [5.41, 5.74) is 1.40. The summed E-state index contributed by atoms with van der Waals surface area (Å²) in [6.45, 7) is 7.77. The number of hydrogen-bond donors (Lipinski definition) is 1. The minimum atomic E-state index is -0.155. The molecule has 21 heavy (non-hydrogen) atoms. The van der Waals surface area contributed by atoms with Crippen molar-refractivity contribution in [3.8, 4) is 0 Å². The molecule has 1 aromatic heterocycles. The van der Waals surface area contributed by atoms with Gasteiger partial charge in [0.1, 0.15) is 0 Å². The zero-order valence-corrected chi connectivity index (χ0v) is 14.1. The number of rotatable bonds is 6. The maximum atomic E-state index is 6.05. The molecule has 0 bridgehead atoms. The van der Waals surface area contributed by atoms with Gasteiger partial charge in [0.25, 0.3) is 0 Å². The zero-order valence-electron chi connectivity index (χ0n) is 14.1. The van der Waals surface area contributed by atoms with Crippen molar-refractivity contribution in [1.82, 2.24) is 20.3 Å². The lowest BCUT2D eigenvalue weighted by Crippen LogP contribution is -2.49. The van der Waals surface area contributed by atoms with Gasteiger partial charge in [-0.3, -0.25) is 0 Å². The predicted octanol–water partition coefficient (Wildman–Crippen LogP) is 2.93. The molecule has 1 fully saturated rings. The molecule has 1 N–H and O–H groups in total. The van der Waals surface area contributed by atoms with Crippen molar-refractivity contribution in [2.24, 2.45) is 5.41 Å². The molecule has 1 aliphatic rings. The van der Waals surface area contributed by atoms with E-state index in [0.717, 1.165) is 31.5 Å². The van der Waals surface area contributed by atoms with Crippen LogP contribution in [0.5, 0.6) is 0 Å². The molecular weight excluding hydrogens is 264 g/mol. The van der Waals surface area contributed by atoms with E-state index in [1.807, 2.05) is 25.0 Å². The van der Waals surface area contributed by atoms with Gasteiger partial charge < -0.3 is 10.1 Å². The molecule has 5 nitrogen and oxygen atoms in total. The van der Waals surface area contributed by atoms with E-state index in [-0.39, 0.29) is 11.6 Å². The Hall–Kier alpha value is -0.940. The van der Waals surface area contributed by atoms with E-state index in [4.69, 9.17) is 4.74 Å². The normalized spacial score (nSPS) is 22.1. The Bertz CT molecular complexity index is 445. The number of ether oxygens (including phenoxy) is 1. The van der Waals surface area contributed by atoms with Crippen LogP contribution in [0.4, 0.5) is 0 Å². The van der Waals surface area contributed by atoms with Gasteiger partial charge in [-0.1, -0.05) is 26.0 Å². The summed E-state index contributed by atoms with van der Waals surface area (Å²) in [7, 11) is 3.85. The molecule has 1 heterocycles. The SMILES string of the molecule is CCCn1nncc1C(NC)C1(OC)CCC(C)(C)CC1. The van der Waals surface area contributed by atoms with E-state index in [2.05, 4.69) is 36.4 Å². The quantitative estimate of drug-likeness (QED) is 0.876. The van der Waals surface area contributed by atoms with Crippen molar-refractivity contribution >= 4 is 0 Å². The van der Waals surface area contributed by atoms with Crippen LogP contribution in [0.1, 0.15) is 64.6 Å². The first-order chi connectivity index (χ1) is 9.98. The Morgan fingerprint density at radius 2 is 2.00 bits per heavy atom. The molecule has 1 aromatic rings. The van der Waals surface area contributed by atoms with Crippen LogP contribution in [-0.2, 0) is 11.3 Å². The third kappa shape index (κ3) is 3.29. The third-order valence-electron chi connectivity index (χ3n) is 5.05. The molecule has 1 unspecified atom stereocenters. The summed E-state index contributed by atoms with van der Waals surface area (Å²) in [5.74, 6) is 0. The van der Waals surface area contributed by atoms with Gasteiger partial charge in [0.2, 0.25) is 0 Å². The van der Waals surface area contributed by atoms with Crippen molar-refractivity contribution in [3.63, 3.8) is 0 Å². The van der Waals surface area contributed by atoms with Crippen LogP contribution in [0.15, 0.2) is 6.20 Å². The van der Waals surface area contributed by atoms with Gasteiger partial charge in [-0.25, -0.2) is 4.68 Å². The summed E-state index contributed by atoms with van der Waals surface area (Å²) in [4.78, 5) is 0. The molecule has 0 aliphatic heterocycles. The van der Waals surface area contributed by atoms with Gasteiger partial charge >= 0.3 is 0 Å². The minimum Gasteiger partial charge on any atom is -0.376 e. The zero-order chi connectivity index (χ0) is 15.5. The summed E-state index contributed by atoms with van der Waals surface area (Å²) < 4.78 is 8.07. The van der Waals surface area contributed by atoms with Crippen molar-refractivity contribution in [2.45, 2.75) is 71.1 Å². The maximum Gasteiger partial charge on any atom is 0.0888 e. The highest BCUT2D eigenvalue weighted by atomic mass is 16.5. The van der Waals surface area contributed by atoms with E-state index in [1.54, 1.807) is 0 Å². The topological polar surface area (TPSA) is 52.0 Å². The average molecular weight is 294 g/mol. The fourth-order valence-electron chi connectivity index (χ4n) is 3.52. The van der Waals surface area contributed by atoms with E-state index < -0.39 is 0 Å². The number of aryl methyl sites for hydroxylation is 1. The highest BCUT2D eigenvalue weighted by Crippen LogP contribution is 2.47. The first kappa shape index (κ1) is 16.4. The Labute approximate surface area is 128 Å². The van der Waals surface area contributed by atoms with Gasteiger partial charge in [0.05, 0.1) is 23.5 Å². The monoisotopic (exact) mass is 294 g/mol.